The number of sulfonamides is 1. The zero-order chi connectivity index (χ0) is 21.5. The lowest BCUT2D eigenvalue weighted by Crippen LogP contribution is -2.38. The molecule has 1 amide bonds. The Morgan fingerprint density at radius 3 is 2.23 bits per heavy atom. The van der Waals surface area contributed by atoms with Crippen LogP contribution in [-0.2, 0) is 14.8 Å². The minimum Gasteiger partial charge on any atom is -0.504 e. The number of nitrogens with zero attached hydrogens (tertiary/aromatic N) is 2. The molecule has 4 rings (SSSR count). The molecule has 30 heavy (non-hydrogen) atoms. The minimum absolute atomic E-state index is 0.0191. The fraction of sp³-hybridized carbons (Fsp3) is 0.286. The summed E-state index contributed by atoms with van der Waals surface area (Å²) < 4.78 is 32.2. The lowest BCUT2D eigenvalue weighted by molar-refractivity contribution is -0.139. The Morgan fingerprint density at radius 1 is 1.03 bits per heavy atom. The van der Waals surface area contributed by atoms with Crippen molar-refractivity contribution in [3.05, 3.63) is 65.2 Å². The van der Waals surface area contributed by atoms with Gasteiger partial charge in [-0.3, -0.25) is 4.79 Å². The molecule has 9 heteroatoms. The molecule has 2 aromatic rings. The zero-order valence-corrected chi connectivity index (χ0v) is 17.2. The van der Waals surface area contributed by atoms with E-state index >= 15 is 0 Å². The van der Waals surface area contributed by atoms with E-state index in [4.69, 9.17) is 4.74 Å². The Bertz CT molecular complexity index is 1100. The van der Waals surface area contributed by atoms with Gasteiger partial charge in [0.05, 0.1) is 12.0 Å². The molecule has 0 bridgehead atoms. The molecule has 0 aliphatic carbocycles. The molecule has 0 spiro atoms. The van der Waals surface area contributed by atoms with Crippen molar-refractivity contribution < 1.29 is 28.2 Å². The molecule has 0 aromatic heterocycles. The van der Waals surface area contributed by atoms with Gasteiger partial charge in [-0.1, -0.05) is 30.3 Å². The number of aromatic hydroxyl groups is 1. The van der Waals surface area contributed by atoms with E-state index < -0.39 is 22.0 Å². The number of phenols is 1. The molecule has 2 heterocycles. The lowest BCUT2D eigenvalue weighted by Gasteiger charge is -2.24. The third-order valence-corrected chi connectivity index (χ3v) is 7.23. The lowest BCUT2D eigenvalue weighted by atomic mass is 10.1. The highest BCUT2D eigenvalue weighted by Crippen LogP contribution is 2.34. The standard InChI is InChI=1S/C21H22N2O6S/c1-29-19-8-7-17(9-18(19)24)30(27,28)23-12-15-10-22(11-16(15)13-23)21(26)20(25)14-5-3-2-4-6-14/h2-9,20,24-25H,10-13H2,1H3/t20-/m0/s1. The van der Waals surface area contributed by atoms with E-state index in [1.807, 2.05) is 6.07 Å². The molecule has 2 aliphatic rings. The van der Waals surface area contributed by atoms with Crippen molar-refractivity contribution in [3.8, 4) is 11.5 Å². The average Bonchev–Trinajstić information content (AvgIpc) is 3.33. The average molecular weight is 430 g/mol. The fourth-order valence-electron chi connectivity index (χ4n) is 3.80. The summed E-state index contributed by atoms with van der Waals surface area (Å²) in [5.74, 6) is -0.447. The van der Waals surface area contributed by atoms with E-state index in [2.05, 4.69) is 0 Å². The molecule has 0 saturated heterocycles. The highest BCUT2D eigenvalue weighted by atomic mass is 32.2. The second-order valence-electron chi connectivity index (χ2n) is 7.32. The van der Waals surface area contributed by atoms with Gasteiger partial charge < -0.3 is 19.8 Å². The van der Waals surface area contributed by atoms with Gasteiger partial charge in [-0.2, -0.15) is 4.31 Å². The zero-order valence-electron chi connectivity index (χ0n) is 16.4. The Morgan fingerprint density at radius 2 is 1.67 bits per heavy atom. The van der Waals surface area contributed by atoms with Gasteiger partial charge in [0.25, 0.3) is 5.91 Å². The molecule has 0 radical (unpaired) electrons. The van der Waals surface area contributed by atoms with Crippen LogP contribution in [0.2, 0.25) is 0 Å². The summed E-state index contributed by atoms with van der Waals surface area (Å²) in [6.07, 6.45) is -1.24. The summed E-state index contributed by atoms with van der Waals surface area (Å²) in [5.41, 5.74) is 2.26. The number of phenolic OH excluding ortho intramolecular Hbond substituents is 1. The molecule has 2 aliphatic heterocycles. The summed E-state index contributed by atoms with van der Waals surface area (Å²) in [6, 6.07) is 12.7. The van der Waals surface area contributed by atoms with Crippen molar-refractivity contribution in [2.75, 3.05) is 33.3 Å². The quantitative estimate of drug-likeness (QED) is 0.692. The third-order valence-electron chi connectivity index (χ3n) is 5.45. The van der Waals surface area contributed by atoms with E-state index in [0.29, 0.717) is 5.56 Å². The summed E-state index contributed by atoms with van der Waals surface area (Å²) in [5, 5.41) is 20.3. The minimum atomic E-state index is -3.80. The molecular formula is C21H22N2O6S. The van der Waals surface area contributed by atoms with Crippen molar-refractivity contribution >= 4 is 15.9 Å². The molecule has 0 fully saturated rings. The Hall–Kier alpha value is -2.88. The third kappa shape index (κ3) is 3.55. The highest BCUT2D eigenvalue weighted by molar-refractivity contribution is 7.89. The topological polar surface area (TPSA) is 107 Å². The molecule has 2 aromatic carbocycles. The highest BCUT2D eigenvalue weighted by Gasteiger charge is 2.39. The van der Waals surface area contributed by atoms with Gasteiger partial charge in [-0.15, -0.1) is 0 Å². The van der Waals surface area contributed by atoms with Gasteiger partial charge in [-0.25, -0.2) is 8.42 Å². The number of carbonyl (C=O) groups is 1. The van der Waals surface area contributed by atoms with Gasteiger partial charge in [0, 0.05) is 32.2 Å². The predicted molar refractivity (Wildman–Crippen MR) is 108 cm³/mol. The number of hydrogen-bond acceptors (Lipinski definition) is 6. The number of ether oxygens (including phenoxy) is 1. The Balaban J connectivity index is 1.43. The summed E-state index contributed by atoms with van der Waals surface area (Å²) in [4.78, 5) is 14.2. The fourth-order valence-corrected chi connectivity index (χ4v) is 5.25. The second-order valence-corrected chi connectivity index (χ2v) is 9.26. The van der Waals surface area contributed by atoms with Crippen molar-refractivity contribution in [1.29, 1.82) is 0 Å². The number of aliphatic hydroxyl groups is 1. The molecule has 1 atom stereocenters. The first kappa shape index (κ1) is 20.4. The van der Waals surface area contributed by atoms with E-state index in [0.717, 1.165) is 11.1 Å². The number of carbonyl (C=O) groups excluding carboxylic acids is 1. The maximum absolute atomic E-state index is 13.0. The first-order valence-corrected chi connectivity index (χ1v) is 10.8. The van der Waals surface area contributed by atoms with E-state index in [-0.39, 0.29) is 42.6 Å². The van der Waals surface area contributed by atoms with Crippen molar-refractivity contribution in [3.63, 3.8) is 0 Å². The summed E-state index contributed by atoms with van der Waals surface area (Å²) >= 11 is 0. The van der Waals surface area contributed by atoms with E-state index in [9.17, 15) is 23.4 Å². The first-order chi connectivity index (χ1) is 14.3. The van der Waals surface area contributed by atoms with Crippen LogP contribution >= 0.6 is 0 Å². The van der Waals surface area contributed by atoms with Gasteiger partial charge in [0.1, 0.15) is 0 Å². The van der Waals surface area contributed by atoms with Gasteiger partial charge in [-0.05, 0) is 28.8 Å². The molecule has 0 unspecified atom stereocenters. The molecular weight excluding hydrogens is 408 g/mol. The summed E-state index contributed by atoms with van der Waals surface area (Å²) in [7, 11) is -2.41. The van der Waals surface area contributed by atoms with Crippen LogP contribution < -0.4 is 4.74 Å². The SMILES string of the molecule is COc1ccc(S(=O)(=O)N2CC3=C(CN(C(=O)[C@@H](O)c4ccccc4)C3)C2)cc1O. The molecule has 2 N–H and O–H groups in total. The number of aliphatic hydroxyl groups excluding tert-OH is 1. The van der Waals surface area contributed by atoms with Crippen LogP contribution in [0.15, 0.2) is 64.6 Å². The Kier molecular flexibility index (Phi) is 5.27. The van der Waals surface area contributed by atoms with Crippen molar-refractivity contribution in [2.24, 2.45) is 0 Å². The second kappa shape index (κ2) is 7.75. The van der Waals surface area contributed by atoms with Gasteiger partial charge >= 0.3 is 0 Å². The maximum atomic E-state index is 13.0. The van der Waals surface area contributed by atoms with E-state index in [1.54, 1.807) is 29.2 Å². The number of amides is 1. The van der Waals surface area contributed by atoms with Crippen LogP contribution in [0.1, 0.15) is 11.7 Å². The molecule has 0 saturated carbocycles. The van der Waals surface area contributed by atoms with Crippen LogP contribution in [0.4, 0.5) is 0 Å². The van der Waals surface area contributed by atoms with E-state index in [1.165, 1.54) is 29.6 Å². The van der Waals surface area contributed by atoms with Crippen molar-refractivity contribution in [2.45, 2.75) is 11.0 Å². The normalized spacial score (nSPS) is 17.9. The molecule has 158 valence electrons. The number of methoxy groups -OCH3 is 1. The van der Waals surface area contributed by atoms with Crippen molar-refractivity contribution in [1.82, 2.24) is 9.21 Å². The predicted octanol–water partition coefficient (Wildman–Crippen LogP) is 1.28. The van der Waals surface area contributed by atoms with Gasteiger partial charge in [0.2, 0.25) is 10.0 Å². The monoisotopic (exact) mass is 430 g/mol. The van der Waals surface area contributed by atoms with Crippen LogP contribution in [0.25, 0.3) is 0 Å². The number of hydrogen-bond donors (Lipinski definition) is 2. The first-order valence-electron chi connectivity index (χ1n) is 9.40. The van der Waals surface area contributed by atoms with Gasteiger partial charge in [0.15, 0.2) is 17.6 Å². The van der Waals surface area contributed by atoms with Crippen LogP contribution in [0, 0.1) is 0 Å². The van der Waals surface area contributed by atoms with Crippen LogP contribution in [0.5, 0.6) is 11.5 Å². The number of rotatable bonds is 5. The Labute approximate surface area is 174 Å². The smallest absolute Gasteiger partial charge is 0.256 e. The summed E-state index contributed by atoms with van der Waals surface area (Å²) in [6.45, 7) is 0.932. The maximum Gasteiger partial charge on any atom is 0.256 e. The van der Waals surface area contributed by atoms with Crippen LogP contribution in [0.3, 0.4) is 0 Å². The van der Waals surface area contributed by atoms with Crippen LogP contribution in [-0.4, -0.2) is 67.0 Å². The molecule has 8 nitrogen and oxygen atoms in total. The largest absolute Gasteiger partial charge is 0.504 e. The number of benzene rings is 2.